The van der Waals surface area contributed by atoms with E-state index in [0.717, 1.165) is 5.69 Å². The second-order valence-corrected chi connectivity index (χ2v) is 5.96. The van der Waals surface area contributed by atoms with Gasteiger partial charge in [0.05, 0.1) is 18.2 Å². The van der Waals surface area contributed by atoms with Crippen LogP contribution < -0.4 is 0 Å². The van der Waals surface area contributed by atoms with E-state index in [-0.39, 0.29) is 17.6 Å². The van der Waals surface area contributed by atoms with Gasteiger partial charge in [-0.05, 0) is 36.4 Å². The summed E-state index contributed by atoms with van der Waals surface area (Å²) in [6.45, 7) is 0.982. The summed E-state index contributed by atoms with van der Waals surface area (Å²) in [5.41, 5.74) is 1.51. The smallest absolute Gasteiger partial charge is 0.232 e. The molecule has 4 rings (SSSR count). The van der Waals surface area contributed by atoms with Gasteiger partial charge < -0.3 is 9.42 Å². The first-order valence-electron chi connectivity index (χ1n) is 7.96. The molecule has 1 aliphatic heterocycles. The summed E-state index contributed by atoms with van der Waals surface area (Å²) < 4.78 is 18.3. The highest BCUT2D eigenvalue weighted by Crippen LogP contribution is 2.29. The van der Waals surface area contributed by atoms with Crippen molar-refractivity contribution in [3.8, 4) is 11.4 Å². The van der Waals surface area contributed by atoms with Crippen LogP contribution in [0.15, 0.2) is 53.2 Å². The molecule has 0 saturated carbocycles. The normalized spacial score (nSPS) is 17.2. The molecule has 2 aromatic heterocycles. The lowest BCUT2D eigenvalue weighted by atomic mass is 10.1. The second-order valence-electron chi connectivity index (χ2n) is 5.96. The van der Waals surface area contributed by atoms with E-state index < -0.39 is 0 Å². The van der Waals surface area contributed by atoms with Crippen LogP contribution >= 0.6 is 0 Å². The largest absolute Gasteiger partial charge is 0.339 e. The molecule has 1 atom stereocenters. The Balaban J connectivity index is 1.48. The number of carbonyl (C=O) groups excluding carboxylic acids is 1. The fourth-order valence-electron chi connectivity index (χ4n) is 2.89. The number of rotatable bonds is 4. The van der Waals surface area contributed by atoms with Crippen LogP contribution in [0.1, 0.15) is 23.9 Å². The third kappa shape index (κ3) is 3.26. The van der Waals surface area contributed by atoms with Crippen LogP contribution in [-0.4, -0.2) is 32.5 Å². The molecule has 1 saturated heterocycles. The molecular formula is C18H15FN4O2. The Kier molecular flexibility index (Phi) is 3.97. The maximum atomic E-state index is 13.0. The minimum atomic E-state index is -0.320. The molecule has 1 fully saturated rings. The lowest BCUT2D eigenvalue weighted by Crippen LogP contribution is -2.24. The number of hydrogen-bond donors (Lipinski definition) is 0. The Morgan fingerprint density at radius 3 is 2.80 bits per heavy atom. The third-order valence-electron chi connectivity index (χ3n) is 4.19. The topological polar surface area (TPSA) is 72.1 Å². The highest BCUT2D eigenvalue weighted by Gasteiger charge is 2.34. The van der Waals surface area contributed by atoms with E-state index in [1.807, 2.05) is 18.2 Å². The Labute approximate surface area is 143 Å². The first-order valence-corrected chi connectivity index (χ1v) is 7.96. The van der Waals surface area contributed by atoms with Crippen LogP contribution in [0.5, 0.6) is 0 Å². The first-order chi connectivity index (χ1) is 12.2. The molecule has 1 aromatic carbocycles. The zero-order valence-corrected chi connectivity index (χ0v) is 13.3. The monoisotopic (exact) mass is 338 g/mol. The van der Waals surface area contributed by atoms with E-state index in [1.165, 1.54) is 12.1 Å². The minimum absolute atomic E-state index is 0.0391. The first kappa shape index (κ1) is 15.4. The number of carbonyl (C=O) groups is 1. The number of pyridine rings is 1. The van der Waals surface area contributed by atoms with Gasteiger partial charge in [-0.15, -0.1) is 0 Å². The average molecular weight is 338 g/mol. The molecule has 6 nitrogen and oxygen atoms in total. The van der Waals surface area contributed by atoms with Crippen molar-refractivity contribution < 1.29 is 13.7 Å². The van der Waals surface area contributed by atoms with Gasteiger partial charge in [0.15, 0.2) is 0 Å². The number of benzene rings is 1. The van der Waals surface area contributed by atoms with Gasteiger partial charge in [0.2, 0.25) is 17.6 Å². The number of hydrogen-bond acceptors (Lipinski definition) is 5. The highest BCUT2D eigenvalue weighted by atomic mass is 19.1. The molecule has 0 unspecified atom stereocenters. The molecule has 3 heterocycles. The molecule has 0 bridgehead atoms. The molecule has 1 amide bonds. The lowest BCUT2D eigenvalue weighted by molar-refractivity contribution is -0.128. The summed E-state index contributed by atoms with van der Waals surface area (Å²) in [5, 5.41) is 3.94. The number of amides is 1. The Hall–Kier alpha value is -3.09. The van der Waals surface area contributed by atoms with Crippen molar-refractivity contribution in [1.29, 1.82) is 0 Å². The van der Waals surface area contributed by atoms with E-state index in [0.29, 0.717) is 36.8 Å². The summed E-state index contributed by atoms with van der Waals surface area (Å²) in [5.74, 6) is 0.399. The summed E-state index contributed by atoms with van der Waals surface area (Å²) in [4.78, 5) is 22.6. The SMILES string of the molecule is O=C1C[C@@H](c2nc(-c3ccc(F)cc3)no2)CN1Cc1ccccn1. The van der Waals surface area contributed by atoms with Crippen molar-refractivity contribution >= 4 is 5.91 Å². The summed E-state index contributed by atoms with van der Waals surface area (Å²) in [7, 11) is 0. The molecule has 1 aliphatic rings. The number of nitrogens with zero attached hydrogens (tertiary/aromatic N) is 4. The van der Waals surface area contributed by atoms with E-state index in [4.69, 9.17) is 4.52 Å². The Morgan fingerprint density at radius 2 is 2.04 bits per heavy atom. The van der Waals surface area contributed by atoms with Crippen molar-refractivity contribution in [1.82, 2.24) is 20.0 Å². The van der Waals surface area contributed by atoms with Crippen LogP contribution in [0, 0.1) is 5.82 Å². The van der Waals surface area contributed by atoms with Crippen LogP contribution in [0.3, 0.4) is 0 Å². The predicted molar refractivity (Wildman–Crippen MR) is 86.7 cm³/mol. The highest BCUT2D eigenvalue weighted by molar-refractivity contribution is 5.79. The molecule has 7 heteroatoms. The van der Waals surface area contributed by atoms with Gasteiger partial charge >= 0.3 is 0 Å². The van der Waals surface area contributed by atoms with Gasteiger partial charge in [-0.3, -0.25) is 9.78 Å². The van der Waals surface area contributed by atoms with Crippen LogP contribution in [0.25, 0.3) is 11.4 Å². The molecule has 0 spiro atoms. The fourth-order valence-corrected chi connectivity index (χ4v) is 2.89. The van der Waals surface area contributed by atoms with Gasteiger partial charge in [-0.25, -0.2) is 4.39 Å². The Bertz CT molecular complexity index is 880. The Morgan fingerprint density at radius 1 is 1.20 bits per heavy atom. The average Bonchev–Trinajstić information content (AvgIpc) is 3.24. The number of aromatic nitrogens is 3. The number of likely N-dealkylation sites (tertiary alicyclic amines) is 1. The van der Waals surface area contributed by atoms with Crippen LogP contribution in [-0.2, 0) is 11.3 Å². The summed E-state index contributed by atoms with van der Waals surface area (Å²) in [6, 6.07) is 11.5. The van der Waals surface area contributed by atoms with E-state index >= 15 is 0 Å². The van der Waals surface area contributed by atoms with Crippen molar-refractivity contribution in [3.05, 3.63) is 66.1 Å². The second kappa shape index (κ2) is 6.43. The predicted octanol–water partition coefficient (Wildman–Crippen LogP) is 2.79. The standard InChI is InChI=1S/C18H15FN4O2/c19-14-6-4-12(5-7-14)17-21-18(25-22-17)13-9-16(24)23(10-13)11-15-3-1-2-8-20-15/h1-8,13H,9-11H2/t13-/m1/s1. The van der Waals surface area contributed by atoms with E-state index in [9.17, 15) is 9.18 Å². The van der Waals surface area contributed by atoms with Gasteiger partial charge in [-0.1, -0.05) is 11.2 Å². The molecule has 0 aliphatic carbocycles. The van der Waals surface area contributed by atoms with Crippen molar-refractivity contribution in [3.63, 3.8) is 0 Å². The fraction of sp³-hybridized carbons (Fsp3) is 0.222. The van der Waals surface area contributed by atoms with Crippen LogP contribution in [0.2, 0.25) is 0 Å². The molecule has 3 aromatic rings. The van der Waals surface area contributed by atoms with Gasteiger partial charge in [-0.2, -0.15) is 4.98 Å². The minimum Gasteiger partial charge on any atom is -0.339 e. The zero-order valence-electron chi connectivity index (χ0n) is 13.3. The van der Waals surface area contributed by atoms with Crippen LogP contribution in [0.4, 0.5) is 4.39 Å². The summed E-state index contributed by atoms with van der Waals surface area (Å²) >= 11 is 0. The zero-order chi connectivity index (χ0) is 17.2. The third-order valence-corrected chi connectivity index (χ3v) is 4.19. The lowest BCUT2D eigenvalue weighted by Gasteiger charge is -2.15. The maximum absolute atomic E-state index is 13.0. The van der Waals surface area contributed by atoms with Crippen molar-refractivity contribution in [2.45, 2.75) is 18.9 Å². The van der Waals surface area contributed by atoms with Gasteiger partial charge in [0, 0.05) is 24.7 Å². The molecule has 0 N–H and O–H groups in total. The molecule has 126 valence electrons. The molecular weight excluding hydrogens is 323 g/mol. The quantitative estimate of drug-likeness (QED) is 0.731. The van der Waals surface area contributed by atoms with E-state index in [1.54, 1.807) is 23.2 Å². The van der Waals surface area contributed by atoms with Crippen molar-refractivity contribution in [2.24, 2.45) is 0 Å². The van der Waals surface area contributed by atoms with Gasteiger partial charge in [0.25, 0.3) is 0 Å². The molecule has 25 heavy (non-hydrogen) atoms. The van der Waals surface area contributed by atoms with Crippen molar-refractivity contribution in [2.75, 3.05) is 6.54 Å². The molecule has 0 radical (unpaired) electrons. The van der Waals surface area contributed by atoms with E-state index in [2.05, 4.69) is 15.1 Å². The van der Waals surface area contributed by atoms with Gasteiger partial charge in [0.1, 0.15) is 5.82 Å². The maximum Gasteiger partial charge on any atom is 0.232 e. The number of halogens is 1. The summed E-state index contributed by atoms with van der Waals surface area (Å²) in [6.07, 6.45) is 2.04.